The molecule has 1 aliphatic rings. The zero-order valence-corrected chi connectivity index (χ0v) is 19.7. The smallest absolute Gasteiger partial charge is 0.410 e. The Bertz CT molecular complexity index is 1070. The van der Waals surface area contributed by atoms with Gasteiger partial charge in [-0.05, 0) is 69.9 Å². The first-order valence-electron chi connectivity index (χ1n) is 11.2. The standard InChI is InChI=1S/C25H31ClN4O2/c1-25(2,3)32-24(31)29-15-7-6-8-20(29)16-27-23-28-21-9-4-5-10-22(21)30(23)17-18-11-13-19(26)14-12-18/h4-5,9-14,20H,6-8,15-17H2,1-3H3,(H,27,28)/t20-/m0/s1. The molecule has 3 aromatic rings. The Morgan fingerprint density at radius 2 is 1.91 bits per heavy atom. The van der Waals surface area contributed by atoms with Gasteiger partial charge in [-0.1, -0.05) is 35.9 Å². The number of imidazole rings is 1. The van der Waals surface area contributed by atoms with Crippen molar-refractivity contribution < 1.29 is 9.53 Å². The Morgan fingerprint density at radius 1 is 1.16 bits per heavy atom. The van der Waals surface area contributed by atoms with Crippen molar-refractivity contribution in [3.8, 4) is 0 Å². The van der Waals surface area contributed by atoms with Crippen LogP contribution in [0.15, 0.2) is 48.5 Å². The highest BCUT2D eigenvalue weighted by molar-refractivity contribution is 6.30. The third-order valence-electron chi connectivity index (χ3n) is 5.66. The normalized spacial score (nSPS) is 16.9. The molecule has 0 radical (unpaired) electrons. The molecule has 2 heterocycles. The van der Waals surface area contributed by atoms with Crippen LogP contribution in [0.5, 0.6) is 0 Å². The fourth-order valence-electron chi connectivity index (χ4n) is 4.13. The second-order valence-electron chi connectivity index (χ2n) is 9.34. The number of benzene rings is 2. The molecule has 1 fully saturated rings. The maximum Gasteiger partial charge on any atom is 0.410 e. The number of amides is 1. The summed E-state index contributed by atoms with van der Waals surface area (Å²) in [7, 11) is 0. The predicted octanol–water partition coefficient (Wildman–Crippen LogP) is 5.94. The minimum absolute atomic E-state index is 0.0717. The fraction of sp³-hybridized carbons (Fsp3) is 0.440. The van der Waals surface area contributed by atoms with Crippen LogP contribution in [-0.2, 0) is 11.3 Å². The van der Waals surface area contributed by atoms with Crippen LogP contribution in [0.3, 0.4) is 0 Å². The van der Waals surface area contributed by atoms with E-state index >= 15 is 0 Å². The van der Waals surface area contributed by atoms with Crippen molar-refractivity contribution in [2.75, 3.05) is 18.4 Å². The third-order valence-corrected chi connectivity index (χ3v) is 5.91. The maximum atomic E-state index is 12.8. The number of fused-ring (bicyclic) bond motifs is 1. The summed E-state index contributed by atoms with van der Waals surface area (Å²) in [5.74, 6) is 0.802. The topological polar surface area (TPSA) is 59.4 Å². The Kier molecular flexibility index (Phi) is 6.60. The van der Waals surface area contributed by atoms with E-state index in [-0.39, 0.29) is 12.1 Å². The summed E-state index contributed by atoms with van der Waals surface area (Å²) < 4.78 is 7.83. The number of nitrogens with one attached hydrogen (secondary N) is 1. The highest BCUT2D eigenvalue weighted by atomic mass is 35.5. The van der Waals surface area contributed by atoms with Gasteiger partial charge in [0.1, 0.15) is 5.60 Å². The van der Waals surface area contributed by atoms with Crippen LogP contribution in [0.2, 0.25) is 5.02 Å². The quantitative estimate of drug-likeness (QED) is 0.518. The van der Waals surface area contributed by atoms with E-state index in [1.165, 1.54) is 0 Å². The summed E-state index contributed by atoms with van der Waals surface area (Å²) in [6.07, 6.45) is 2.82. The van der Waals surface area contributed by atoms with E-state index in [0.717, 1.165) is 53.4 Å². The lowest BCUT2D eigenvalue weighted by molar-refractivity contribution is 0.0114. The number of anilines is 1. The molecule has 0 spiro atoms. The maximum absolute atomic E-state index is 12.8. The molecule has 4 rings (SSSR count). The molecule has 0 bridgehead atoms. The number of carbonyl (C=O) groups excluding carboxylic acids is 1. The number of aromatic nitrogens is 2. The monoisotopic (exact) mass is 454 g/mol. The van der Waals surface area contributed by atoms with Gasteiger partial charge in [-0.25, -0.2) is 9.78 Å². The molecular formula is C25H31ClN4O2. The molecule has 7 heteroatoms. The van der Waals surface area contributed by atoms with Crippen molar-refractivity contribution in [2.45, 2.75) is 58.2 Å². The van der Waals surface area contributed by atoms with Crippen molar-refractivity contribution in [2.24, 2.45) is 0 Å². The van der Waals surface area contributed by atoms with E-state index in [0.29, 0.717) is 13.1 Å². The van der Waals surface area contributed by atoms with Gasteiger partial charge >= 0.3 is 6.09 Å². The molecule has 6 nitrogen and oxygen atoms in total. The Balaban J connectivity index is 1.54. The van der Waals surface area contributed by atoms with Crippen molar-refractivity contribution >= 4 is 34.7 Å². The number of ether oxygens (including phenoxy) is 1. The van der Waals surface area contributed by atoms with Crippen LogP contribution in [0.4, 0.5) is 10.7 Å². The first kappa shape index (κ1) is 22.5. The molecule has 32 heavy (non-hydrogen) atoms. The van der Waals surface area contributed by atoms with Crippen LogP contribution in [0, 0.1) is 0 Å². The lowest BCUT2D eigenvalue weighted by atomic mass is 10.0. The lowest BCUT2D eigenvalue weighted by Crippen LogP contribution is -2.49. The lowest BCUT2D eigenvalue weighted by Gasteiger charge is -2.36. The van der Waals surface area contributed by atoms with Gasteiger partial charge in [0, 0.05) is 18.1 Å². The third kappa shape index (κ3) is 5.36. The predicted molar refractivity (Wildman–Crippen MR) is 129 cm³/mol. The SMILES string of the molecule is CC(C)(C)OC(=O)N1CCCC[C@H]1CNc1nc2ccccc2n1Cc1ccc(Cl)cc1. The van der Waals surface area contributed by atoms with Gasteiger partial charge in [-0.2, -0.15) is 0 Å². The molecule has 0 unspecified atom stereocenters. The van der Waals surface area contributed by atoms with Crippen molar-refractivity contribution in [1.82, 2.24) is 14.5 Å². The van der Waals surface area contributed by atoms with Crippen molar-refractivity contribution in [3.05, 3.63) is 59.1 Å². The number of likely N-dealkylation sites (tertiary alicyclic amines) is 1. The van der Waals surface area contributed by atoms with E-state index < -0.39 is 5.60 Å². The average Bonchev–Trinajstić information content (AvgIpc) is 3.10. The van der Waals surface area contributed by atoms with E-state index in [4.69, 9.17) is 21.3 Å². The average molecular weight is 455 g/mol. The molecule has 1 aromatic heterocycles. The molecule has 1 atom stereocenters. The first-order valence-corrected chi connectivity index (χ1v) is 11.6. The minimum atomic E-state index is -0.501. The number of carbonyl (C=O) groups is 1. The van der Waals surface area contributed by atoms with Gasteiger partial charge in [-0.15, -0.1) is 0 Å². The summed E-state index contributed by atoms with van der Waals surface area (Å²) in [4.78, 5) is 19.5. The largest absolute Gasteiger partial charge is 0.444 e. The van der Waals surface area contributed by atoms with Gasteiger partial charge in [0.15, 0.2) is 0 Å². The Labute approximate surface area is 194 Å². The number of nitrogens with zero attached hydrogens (tertiary/aromatic N) is 3. The molecule has 1 amide bonds. The number of hydrogen-bond donors (Lipinski definition) is 1. The van der Waals surface area contributed by atoms with Crippen LogP contribution in [0.25, 0.3) is 11.0 Å². The molecule has 0 aliphatic carbocycles. The van der Waals surface area contributed by atoms with Crippen LogP contribution in [0.1, 0.15) is 45.6 Å². The summed E-state index contributed by atoms with van der Waals surface area (Å²) in [6, 6.07) is 16.1. The molecule has 0 saturated carbocycles. The number of para-hydroxylation sites is 2. The zero-order valence-electron chi connectivity index (χ0n) is 19.0. The number of rotatable bonds is 5. The van der Waals surface area contributed by atoms with Crippen LogP contribution < -0.4 is 5.32 Å². The van der Waals surface area contributed by atoms with Gasteiger partial charge in [-0.3, -0.25) is 0 Å². The van der Waals surface area contributed by atoms with E-state index in [1.54, 1.807) is 0 Å². The highest BCUT2D eigenvalue weighted by Crippen LogP contribution is 2.24. The molecular weight excluding hydrogens is 424 g/mol. The van der Waals surface area contributed by atoms with Crippen LogP contribution in [-0.4, -0.2) is 45.3 Å². The molecule has 1 aliphatic heterocycles. The number of hydrogen-bond acceptors (Lipinski definition) is 4. The summed E-state index contributed by atoms with van der Waals surface area (Å²) in [5.41, 5.74) is 2.65. The van der Waals surface area contributed by atoms with E-state index in [1.807, 2.05) is 68.1 Å². The molecule has 1 saturated heterocycles. The molecule has 1 N–H and O–H groups in total. The summed E-state index contributed by atoms with van der Waals surface area (Å²) in [5, 5.41) is 4.25. The Morgan fingerprint density at radius 3 is 2.66 bits per heavy atom. The zero-order chi connectivity index (χ0) is 22.7. The second-order valence-corrected chi connectivity index (χ2v) is 9.78. The Hall–Kier alpha value is -2.73. The first-order chi connectivity index (χ1) is 15.3. The van der Waals surface area contributed by atoms with Gasteiger partial charge in [0.05, 0.1) is 23.6 Å². The fourth-order valence-corrected chi connectivity index (χ4v) is 4.25. The van der Waals surface area contributed by atoms with Crippen molar-refractivity contribution in [1.29, 1.82) is 0 Å². The highest BCUT2D eigenvalue weighted by Gasteiger charge is 2.30. The molecule has 2 aromatic carbocycles. The van der Waals surface area contributed by atoms with E-state index in [9.17, 15) is 4.79 Å². The van der Waals surface area contributed by atoms with Gasteiger partial charge in [0.2, 0.25) is 5.95 Å². The molecule has 170 valence electrons. The minimum Gasteiger partial charge on any atom is -0.444 e. The van der Waals surface area contributed by atoms with Gasteiger partial charge < -0.3 is 19.5 Å². The van der Waals surface area contributed by atoms with Gasteiger partial charge in [0.25, 0.3) is 0 Å². The number of halogens is 1. The second kappa shape index (κ2) is 9.41. The number of piperidine rings is 1. The van der Waals surface area contributed by atoms with Crippen molar-refractivity contribution in [3.63, 3.8) is 0 Å². The van der Waals surface area contributed by atoms with E-state index in [2.05, 4.69) is 16.0 Å². The summed E-state index contributed by atoms with van der Waals surface area (Å²) in [6.45, 7) is 7.75. The van der Waals surface area contributed by atoms with Crippen LogP contribution >= 0.6 is 11.6 Å². The summed E-state index contributed by atoms with van der Waals surface area (Å²) >= 11 is 6.06.